The Morgan fingerprint density at radius 2 is 1.95 bits per heavy atom. The van der Waals surface area contributed by atoms with Crippen LogP contribution in [0.4, 0.5) is 13.2 Å². The minimum absolute atomic E-state index is 0.0438. The fourth-order valence-corrected chi connectivity index (χ4v) is 5.55. The molecule has 1 aliphatic heterocycles. The van der Waals surface area contributed by atoms with Crippen LogP contribution in [0, 0.1) is 11.3 Å². The van der Waals surface area contributed by atoms with Gasteiger partial charge in [0.25, 0.3) is 5.91 Å². The average molecular weight is 607 g/mol. The number of thioether (sulfide) groups is 1. The van der Waals surface area contributed by atoms with Gasteiger partial charge in [-0.05, 0) is 59.8 Å². The van der Waals surface area contributed by atoms with Gasteiger partial charge in [-0.2, -0.15) is 18.4 Å². The summed E-state index contributed by atoms with van der Waals surface area (Å²) < 4.78 is 52.2. The number of rotatable bonds is 8. The summed E-state index contributed by atoms with van der Waals surface area (Å²) in [6, 6.07) is 20.0. The molecule has 1 N–H and O–H groups in total. The predicted molar refractivity (Wildman–Crippen MR) is 155 cm³/mol. The lowest BCUT2D eigenvalue weighted by atomic mass is 10.0. The van der Waals surface area contributed by atoms with Crippen molar-refractivity contribution in [3.63, 3.8) is 0 Å². The first kappa shape index (κ1) is 28.9. The third-order valence-electron chi connectivity index (χ3n) is 6.31. The number of amides is 1. The number of methoxy groups -OCH3 is 1. The van der Waals surface area contributed by atoms with E-state index in [1.54, 1.807) is 66.7 Å². The van der Waals surface area contributed by atoms with Gasteiger partial charge < -0.3 is 14.5 Å². The zero-order valence-electron chi connectivity index (χ0n) is 21.9. The average Bonchev–Trinajstić information content (AvgIpc) is 3.59. The molecular weight excluding hydrogens is 585 g/mol. The molecule has 4 aromatic rings. The smallest absolute Gasteiger partial charge is 0.433 e. The van der Waals surface area contributed by atoms with E-state index >= 15 is 0 Å². The number of furan rings is 1. The lowest BCUT2D eigenvalue weighted by Crippen LogP contribution is -2.29. The van der Waals surface area contributed by atoms with Crippen LogP contribution < -0.4 is 10.1 Å². The molecule has 42 heavy (non-hydrogen) atoms. The number of carbonyl (C=O) groups is 1. The first-order chi connectivity index (χ1) is 20.2. The molecule has 1 saturated heterocycles. The summed E-state index contributed by atoms with van der Waals surface area (Å²) in [5.41, 5.74) is 1.09. The van der Waals surface area contributed by atoms with E-state index in [0.717, 1.165) is 17.8 Å². The van der Waals surface area contributed by atoms with Crippen molar-refractivity contribution in [3.8, 4) is 22.9 Å². The van der Waals surface area contributed by atoms with E-state index in [1.165, 1.54) is 18.3 Å². The second-order valence-electron chi connectivity index (χ2n) is 9.03. The number of nitrogens with zero attached hydrogens (tertiary/aromatic N) is 3. The van der Waals surface area contributed by atoms with Crippen molar-refractivity contribution in [3.05, 3.63) is 107 Å². The lowest BCUT2D eigenvalue weighted by Gasteiger charge is -2.15. The van der Waals surface area contributed by atoms with Crippen molar-refractivity contribution in [2.75, 3.05) is 7.11 Å². The van der Waals surface area contributed by atoms with Gasteiger partial charge in [-0.15, -0.1) is 11.8 Å². The maximum Gasteiger partial charge on any atom is 0.433 e. The van der Waals surface area contributed by atoms with Gasteiger partial charge in [0.2, 0.25) is 0 Å². The lowest BCUT2D eigenvalue weighted by molar-refractivity contribution is -0.141. The van der Waals surface area contributed by atoms with Gasteiger partial charge in [0.15, 0.2) is 5.11 Å². The second kappa shape index (κ2) is 12.1. The maximum atomic E-state index is 13.8. The molecular formula is C30H21F3N4O3S2. The molecule has 0 bridgehead atoms. The van der Waals surface area contributed by atoms with Crippen LogP contribution in [0.15, 0.2) is 88.1 Å². The van der Waals surface area contributed by atoms with Crippen LogP contribution in [0.25, 0.3) is 17.2 Å². The van der Waals surface area contributed by atoms with Crippen LogP contribution in [0.2, 0.25) is 0 Å². The van der Waals surface area contributed by atoms with Crippen molar-refractivity contribution in [2.24, 2.45) is 0 Å². The van der Waals surface area contributed by atoms with Gasteiger partial charge in [-0.3, -0.25) is 9.69 Å². The number of carbonyl (C=O) groups excluding carboxylic acids is 1. The summed E-state index contributed by atoms with van der Waals surface area (Å²) in [4.78, 5) is 18.2. The number of nitriles is 1. The number of alkyl halides is 3. The van der Waals surface area contributed by atoms with Gasteiger partial charge in [-0.25, -0.2) is 4.98 Å². The van der Waals surface area contributed by atoms with Gasteiger partial charge in [0.1, 0.15) is 34.0 Å². The number of thiocarbonyl (C=S) groups is 1. The highest BCUT2D eigenvalue weighted by Crippen LogP contribution is 2.38. The quantitative estimate of drug-likeness (QED) is 0.133. The number of benzene rings is 2. The van der Waals surface area contributed by atoms with Gasteiger partial charge >= 0.3 is 6.18 Å². The Morgan fingerprint density at radius 3 is 2.62 bits per heavy atom. The Morgan fingerprint density at radius 1 is 1.17 bits per heavy atom. The number of pyridine rings is 1. The first-order valence-electron chi connectivity index (χ1n) is 12.4. The largest absolute Gasteiger partial charge is 0.496 e. The Labute approximate surface area is 248 Å². The van der Waals surface area contributed by atoms with Crippen molar-refractivity contribution >= 4 is 41.1 Å². The van der Waals surface area contributed by atoms with Crippen molar-refractivity contribution in [1.82, 2.24) is 15.2 Å². The third-order valence-corrected chi connectivity index (χ3v) is 7.66. The van der Waals surface area contributed by atoms with Crippen LogP contribution in [-0.4, -0.2) is 28.0 Å². The van der Waals surface area contributed by atoms with Crippen LogP contribution >= 0.6 is 24.0 Å². The highest BCUT2D eigenvalue weighted by molar-refractivity contribution is 7.98. The van der Waals surface area contributed by atoms with E-state index in [2.05, 4.69) is 10.3 Å². The molecule has 5 rings (SSSR count). The molecule has 212 valence electrons. The van der Waals surface area contributed by atoms with Crippen LogP contribution in [0.5, 0.6) is 5.75 Å². The fourth-order valence-electron chi connectivity index (χ4n) is 4.31. The standard InChI is InChI=1S/C30H21F3N4O3S2/c1-39-25-10-9-18(13-24-28(38)37(29(41)35-24)16-21-8-5-11-40-21)12-20(25)17-42-27-23(15-34)22(19-6-3-2-4-7-19)14-26(36-27)30(31,32)33/h2-14H,16-17H2,1H3,(H,35,41)/b24-13+. The number of ether oxygens (including phenoxy) is 1. The van der Waals surface area contributed by atoms with Crippen LogP contribution in [0.1, 0.15) is 28.1 Å². The minimum atomic E-state index is -4.71. The molecule has 0 atom stereocenters. The Bertz CT molecular complexity index is 1720. The molecule has 0 saturated carbocycles. The van der Waals surface area contributed by atoms with Gasteiger partial charge in [0, 0.05) is 16.9 Å². The fraction of sp³-hybridized carbons (Fsp3) is 0.133. The molecule has 7 nitrogen and oxygen atoms in total. The van der Waals surface area contributed by atoms with Gasteiger partial charge in [-0.1, -0.05) is 36.4 Å². The molecule has 1 amide bonds. The van der Waals surface area contributed by atoms with E-state index < -0.39 is 11.9 Å². The topological polar surface area (TPSA) is 91.4 Å². The van der Waals surface area contributed by atoms with Gasteiger partial charge in [0.05, 0.1) is 25.5 Å². The number of hydrogen-bond acceptors (Lipinski definition) is 7. The summed E-state index contributed by atoms with van der Waals surface area (Å²) in [6.07, 6.45) is -1.57. The first-order valence-corrected chi connectivity index (χ1v) is 13.8. The molecule has 2 aromatic heterocycles. The highest BCUT2D eigenvalue weighted by atomic mass is 32.2. The number of nitrogens with one attached hydrogen (secondary N) is 1. The Balaban J connectivity index is 1.44. The monoisotopic (exact) mass is 606 g/mol. The van der Waals surface area contributed by atoms with E-state index in [0.29, 0.717) is 28.2 Å². The second-order valence-corrected chi connectivity index (χ2v) is 10.4. The molecule has 0 aliphatic carbocycles. The normalized spacial score (nSPS) is 14.3. The zero-order chi connectivity index (χ0) is 29.9. The SMILES string of the molecule is COc1ccc(/C=C2/NC(=S)N(Cc3ccco3)C2=O)cc1CSc1nc(C(F)(F)F)cc(-c2ccccc2)c1C#N. The summed E-state index contributed by atoms with van der Waals surface area (Å²) in [5.74, 6) is 0.873. The maximum absolute atomic E-state index is 13.8. The molecule has 1 aliphatic rings. The molecule has 2 aromatic carbocycles. The zero-order valence-corrected chi connectivity index (χ0v) is 23.6. The minimum Gasteiger partial charge on any atom is -0.496 e. The summed E-state index contributed by atoms with van der Waals surface area (Å²) in [5, 5.41) is 13.0. The molecule has 0 unspecified atom stereocenters. The number of halogens is 3. The highest BCUT2D eigenvalue weighted by Gasteiger charge is 2.35. The molecule has 1 fully saturated rings. The van der Waals surface area contributed by atoms with E-state index in [1.807, 2.05) is 6.07 Å². The van der Waals surface area contributed by atoms with Crippen LogP contribution in [-0.2, 0) is 23.3 Å². The summed E-state index contributed by atoms with van der Waals surface area (Å²) in [6.45, 7) is 0.176. The number of aromatic nitrogens is 1. The van der Waals surface area contributed by atoms with E-state index in [9.17, 15) is 23.2 Å². The predicted octanol–water partition coefficient (Wildman–Crippen LogP) is 6.79. The Kier molecular flexibility index (Phi) is 8.33. The summed E-state index contributed by atoms with van der Waals surface area (Å²) in [7, 11) is 1.48. The van der Waals surface area contributed by atoms with Crippen LogP contribution in [0.3, 0.4) is 0 Å². The molecule has 3 heterocycles. The van der Waals surface area contributed by atoms with Crippen molar-refractivity contribution in [2.45, 2.75) is 23.5 Å². The van der Waals surface area contributed by atoms with E-state index in [4.69, 9.17) is 21.4 Å². The van der Waals surface area contributed by atoms with E-state index in [-0.39, 0.29) is 45.2 Å². The molecule has 12 heteroatoms. The molecule has 0 radical (unpaired) electrons. The third kappa shape index (κ3) is 6.17. The number of hydrogen-bond donors (Lipinski definition) is 1. The van der Waals surface area contributed by atoms with Crippen molar-refractivity contribution < 1.29 is 27.1 Å². The molecule has 0 spiro atoms. The van der Waals surface area contributed by atoms with Crippen molar-refractivity contribution in [1.29, 1.82) is 5.26 Å². The Hall–Kier alpha value is -4.60. The summed E-state index contributed by atoms with van der Waals surface area (Å²) >= 11 is 6.32.